The molecule has 6 nitrogen and oxygen atoms in total. The minimum atomic E-state index is -3.35. The molecule has 1 aliphatic carbocycles. The predicted molar refractivity (Wildman–Crippen MR) is 92.9 cm³/mol. The van der Waals surface area contributed by atoms with Crippen molar-refractivity contribution in [2.75, 3.05) is 18.6 Å². The van der Waals surface area contributed by atoms with Crippen LogP contribution in [-0.2, 0) is 16.9 Å². The highest BCUT2D eigenvalue weighted by Crippen LogP contribution is 2.35. The van der Waals surface area contributed by atoms with Gasteiger partial charge < -0.3 is 15.0 Å². The molecule has 0 radical (unpaired) electrons. The van der Waals surface area contributed by atoms with Crippen LogP contribution in [-0.4, -0.2) is 25.8 Å². The minimum absolute atomic E-state index is 0.105. The lowest BCUT2D eigenvalue weighted by Crippen LogP contribution is -2.19. The Morgan fingerprint density at radius 3 is 2.58 bits per heavy atom. The Bertz CT molecular complexity index is 917. The third kappa shape index (κ3) is 3.46. The average molecular weight is 348 g/mol. The molecule has 0 amide bonds. The first kappa shape index (κ1) is 16.6. The number of pyridine rings is 1. The second-order valence-electron chi connectivity index (χ2n) is 6.28. The topological polar surface area (TPSA) is 91.4 Å². The Hall–Kier alpha value is -2.28. The molecule has 0 bridgehead atoms. The van der Waals surface area contributed by atoms with Crippen molar-refractivity contribution in [1.29, 1.82) is 0 Å². The average Bonchev–Trinajstić information content (AvgIpc) is 3.33. The SMILES string of the molecule is Cn1cc(-c2cc(S(C)(=O)=O)ccc2OCC2CC2)cc(N)c1=O. The first-order valence-corrected chi connectivity index (χ1v) is 9.58. The Balaban J connectivity index is 2.12. The van der Waals surface area contributed by atoms with Crippen LogP contribution in [0.4, 0.5) is 5.69 Å². The lowest BCUT2D eigenvalue weighted by Gasteiger charge is -2.14. The van der Waals surface area contributed by atoms with E-state index in [0.717, 1.165) is 19.1 Å². The summed E-state index contributed by atoms with van der Waals surface area (Å²) in [5.41, 5.74) is 6.84. The van der Waals surface area contributed by atoms with E-state index in [9.17, 15) is 13.2 Å². The Morgan fingerprint density at radius 2 is 2.00 bits per heavy atom. The number of aromatic nitrogens is 1. The third-order valence-corrected chi connectivity index (χ3v) is 5.18. The molecule has 0 spiro atoms. The summed E-state index contributed by atoms with van der Waals surface area (Å²) < 4.78 is 31.0. The summed E-state index contributed by atoms with van der Waals surface area (Å²) >= 11 is 0. The van der Waals surface area contributed by atoms with E-state index in [4.69, 9.17) is 10.5 Å². The molecular weight excluding hydrogens is 328 g/mol. The van der Waals surface area contributed by atoms with Crippen LogP contribution < -0.4 is 16.0 Å². The molecule has 1 aliphatic rings. The Morgan fingerprint density at radius 1 is 1.29 bits per heavy atom. The molecule has 24 heavy (non-hydrogen) atoms. The molecule has 128 valence electrons. The zero-order chi connectivity index (χ0) is 17.5. The van der Waals surface area contributed by atoms with Crippen molar-refractivity contribution < 1.29 is 13.2 Å². The summed E-state index contributed by atoms with van der Waals surface area (Å²) in [6.07, 6.45) is 5.10. The van der Waals surface area contributed by atoms with Gasteiger partial charge in [0.15, 0.2) is 9.84 Å². The van der Waals surface area contributed by atoms with Crippen molar-refractivity contribution in [3.05, 3.63) is 40.8 Å². The number of aryl methyl sites for hydroxylation is 1. The first-order valence-electron chi connectivity index (χ1n) is 7.69. The van der Waals surface area contributed by atoms with Crippen LogP contribution in [0.15, 0.2) is 40.2 Å². The Labute approximate surface area is 140 Å². The van der Waals surface area contributed by atoms with Crippen LogP contribution in [0.25, 0.3) is 11.1 Å². The van der Waals surface area contributed by atoms with E-state index in [1.807, 2.05) is 0 Å². The molecule has 7 heteroatoms. The van der Waals surface area contributed by atoms with E-state index in [-0.39, 0.29) is 16.1 Å². The van der Waals surface area contributed by atoms with Gasteiger partial charge in [-0.15, -0.1) is 0 Å². The minimum Gasteiger partial charge on any atom is -0.493 e. The van der Waals surface area contributed by atoms with Gasteiger partial charge in [-0.1, -0.05) is 0 Å². The highest BCUT2D eigenvalue weighted by molar-refractivity contribution is 7.90. The lowest BCUT2D eigenvalue weighted by atomic mass is 10.1. The second-order valence-corrected chi connectivity index (χ2v) is 8.30. The van der Waals surface area contributed by atoms with Gasteiger partial charge in [0, 0.05) is 30.6 Å². The number of hydrogen-bond donors (Lipinski definition) is 1. The molecule has 1 saturated carbocycles. The molecule has 2 N–H and O–H groups in total. The van der Waals surface area contributed by atoms with Crippen LogP contribution in [0.2, 0.25) is 0 Å². The van der Waals surface area contributed by atoms with Crippen LogP contribution in [0, 0.1) is 5.92 Å². The maximum atomic E-state index is 11.9. The summed E-state index contributed by atoms with van der Waals surface area (Å²) in [5.74, 6) is 1.16. The van der Waals surface area contributed by atoms with Gasteiger partial charge in [0.1, 0.15) is 5.75 Å². The van der Waals surface area contributed by atoms with Gasteiger partial charge in [-0.3, -0.25) is 4.79 Å². The van der Waals surface area contributed by atoms with Gasteiger partial charge in [-0.2, -0.15) is 0 Å². The smallest absolute Gasteiger partial charge is 0.273 e. The number of ether oxygens (including phenoxy) is 1. The molecule has 0 unspecified atom stereocenters. The van der Waals surface area contributed by atoms with Gasteiger partial charge >= 0.3 is 0 Å². The zero-order valence-electron chi connectivity index (χ0n) is 13.7. The van der Waals surface area contributed by atoms with Crippen molar-refractivity contribution in [2.24, 2.45) is 13.0 Å². The first-order chi connectivity index (χ1) is 11.3. The van der Waals surface area contributed by atoms with Crippen LogP contribution in [0.1, 0.15) is 12.8 Å². The summed E-state index contributed by atoms with van der Waals surface area (Å²) in [5, 5.41) is 0. The molecule has 1 aromatic carbocycles. The highest BCUT2D eigenvalue weighted by atomic mass is 32.2. The summed E-state index contributed by atoms with van der Waals surface area (Å²) in [7, 11) is -1.75. The number of rotatable bonds is 5. The van der Waals surface area contributed by atoms with E-state index in [0.29, 0.717) is 29.4 Å². The fraction of sp³-hybridized carbons (Fsp3) is 0.353. The van der Waals surface area contributed by atoms with Crippen molar-refractivity contribution in [3.8, 4) is 16.9 Å². The van der Waals surface area contributed by atoms with E-state index in [1.165, 1.54) is 10.6 Å². The van der Waals surface area contributed by atoms with Gasteiger partial charge in [-0.05, 0) is 43.0 Å². The molecule has 1 heterocycles. The van der Waals surface area contributed by atoms with Gasteiger partial charge in [-0.25, -0.2) is 8.42 Å². The van der Waals surface area contributed by atoms with Crippen LogP contribution >= 0.6 is 0 Å². The molecule has 0 saturated heterocycles. The van der Waals surface area contributed by atoms with Crippen molar-refractivity contribution in [1.82, 2.24) is 4.57 Å². The standard InChI is InChI=1S/C17H20N2O4S/c1-19-9-12(7-15(18)17(19)20)14-8-13(24(2,21)22)5-6-16(14)23-10-11-3-4-11/h5-9,11H,3-4,10,18H2,1-2H3. The van der Waals surface area contributed by atoms with Crippen molar-refractivity contribution >= 4 is 15.5 Å². The number of benzene rings is 1. The number of nitrogen functional groups attached to an aromatic ring is 1. The fourth-order valence-electron chi connectivity index (χ4n) is 2.47. The second kappa shape index (κ2) is 5.98. The zero-order valence-corrected chi connectivity index (χ0v) is 14.5. The molecule has 1 fully saturated rings. The van der Waals surface area contributed by atoms with Crippen molar-refractivity contribution in [2.45, 2.75) is 17.7 Å². The monoisotopic (exact) mass is 348 g/mol. The van der Waals surface area contributed by atoms with Gasteiger partial charge in [0.2, 0.25) is 0 Å². The van der Waals surface area contributed by atoms with E-state index in [1.54, 1.807) is 31.4 Å². The molecule has 0 atom stereocenters. The van der Waals surface area contributed by atoms with Crippen LogP contribution in [0.3, 0.4) is 0 Å². The maximum Gasteiger partial charge on any atom is 0.273 e. The maximum absolute atomic E-state index is 11.9. The summed E-state index contributed by atoms with van der Waals surface area (Å²) in [6.45, 7) is 0.604. The van der Waals surface area contributed by atoms with Crippen LogP contribution in [0.5, 0.6) is 5.75 Å². The molecule has 2 aromatic rings. The quantitative estimate of drug-likeness (QED) is 0.890. The molecule has 1 aromatic heterocycles. The number of anilines is 1. The fourth-order valence-corrected chi connectivity index (χ4v) is 3.12. The number of nitrogens with zero attached hydrogens (tertiary/aromatic N) is 1. The number of hydrogen-bond acceptors (Lipinski definition) is 5. The number of sulfone groups is 1. The molecule has 3 rings (SSSR count). The molecular formula is C17H20N2O4S. The third-order valence-electron chi connectivity index (χ3n) is 4.07. The largest absolute Gasteiger partial charge is 0.493 e. The Kier molecular flexibility index (Phi) is 4.13. The summed E-state index contributed by atoms with van der Waals surface area (Å²) in [6, 6.07) is 6.31. The van der Waals surface area contributed by atoms with E-state index in [2.05, 4.69) is 0 Å². The predicted octanol–water partition coefficient (Wildman–Crippen LogP) is 1.83. The van der Waals surface area contributed by atoms with E-state index >= 15 is 0 Å². The normalized spacial score (nSPS) is 14.6. The highest BCUT2D eigenvalue weighted by Gasteiger charge is 2.23. The van der Waals surface area contributed by atoms with Crippen molar-refractivity contribution in [3.63, 3.8) is 0 Å². The van der Waals surface area contributed by atoms with Gasteiger partial charge in [0.25, 0.3) is 5.56 Å². The van der Waals surface area contributed by atoms with Gasteiger partial charge in [0.05, 0.1) is 17.2 Å². The lowest BCUT2D eigenvalue weighted by molar-refractivity contribution is 0.301. The molecule has 0 aliphatic heterocycles. The number of nitrogens with two attached hydrogens (primary N) is 1. The summed E-state index contributed by atoms with van der Waals surface area (Å²) in [4.78, 5) is 12.0. The van der Waals surface area contributed by atoms with E-state index < -0.39 is 9.84 Å².